The molecular weight excluding hydrogens is 176 g/mol. The first-order valence-electron chi connectivity index (χ1n) is 4.97. The molecule has 3 heteroatoms. The lowest BCUT2D eigenvalue weighted by atomic mass is 9.95. The predicted molar refractivity (Wildman–Crippen MR) is 58.0 cm³/mol. The summed E-state index contributed by atoms with van der Waals surface area (Å²) in [6.07, 6.45) is 2.04. The first-order valence-corrected chi connectivity index (χ1v) is 4.97. The van der Waals surface area contributed by atoms with Crippen LogP contribution in [-0.2, 0) is 13.6 Å². The number of hydrogen-bond donors (Lipinski definition) is 2. The Bertz CT molecular complexity index is 279. The van der Waals surface area contributed by atoms with Crippen molar-refractivity contribution in [1.29, 1.82) is 0 Å². The summed E-state index contributed by atoms with van der Waals surface area (Å²) in [5.41, 5.74) is 1.23. The largest absolute Gasteiger partial charge is 0.396 e. The zero-order chi connectivity index (χ0) is 10.6. The number of rotatable bonds is 5. The van der Waals surface area contributed by atoms with Gasteiger partial charge in [-0.05, 0) is 12.1 Å². The van der Waals surface area contributed by atoms with Crippen LogP contribution in [0.4, 0.5) is 0 Å². The molecule has 0 aliphatic heterocycles. The van der Waals surface area contributed by atoms with Crippen LogP contribution in [0, 0.1) is 5.41 Å². The van der Waals surface area contributed by atoms with Gasteiger partial charge in [0, 0.05) is 44.0 Å². The van der Waals surface area contributed by atoms with E-state index in [1.54, 1.807) is 0 Å². The van der Waals surface area contributed by atoms with Crippen molar-refractivity contribution in [3.63, 3.8) is 0 Å². The third-order valence-electron chi connectivity index (χ3n) is 2.39. The molecule has 1 heterocycles. The first kappa shape index (κ1) is 11.3. The standard InChI is InChI=1S/C11H20N2O/c1-11(2,9-14)8-12-7-10-5-4-6-13(10)3/h4-6,12,14H,7-9H2,1-3H3. The van der Waals surface area contributed by atoms with Gasteiger partial charge in [0.25, 0.3) is 0 Å². The SMILES string of the molecule is Cn1cccc1CNCC(C)(C)CO. The predicted octanol–water partition coefficient (Wildman–Crippen LogP) is 1.13. The minimum atomic E-state index is -0.0365. The van der Waals surface area contributed by atoms with Gasteiger partial charge >= 0.3 is 0 Å². The molecule has 2 N–H and O–H groups in total. The number of aliphatic hydroxyl groups excluding tert-OH is 1. The maximum absolute atomic E-state index is 9.06. The number of nitrogens with zero attached hydrogens (tertiary/aromatic N) is 1. The average Bonchev–Trinajstić information content (AvgIpc) is 2.52. The van der Waals surface area contributed by atoms with Crippen LogP contribution in [0.1, 0.15) is 19.5 Å². The Kier molecular flexibility index (Phi) is 3.72. The summed E-state index contributed by atoms with van der Waals surface area (Å²) >= 11 is 0. The zero-order valence-electron chi connectivity index (χ0n) is 9.25. The average molecular weight is 196 g/mol. The number of nitrogens with one attached hydrogen (secondary N) is 1. The molecule has 0 atom stereocenters. The molecule has 0 fully saturated rings. The van der Waals surface area contributed by atoms with E-state index in [1.807, 2.05) is 33.2 Å². The summed E-state index contributed by atoms with van der Waals surface area (Å²) in [5.74, 6) is 0. The Hall–Kier alpha value is -0.800. The molecular formula is C11H20N2O. The molecule has 0 aliphatic carbocycles. The van der Waals surface area contributed by atoms with Gasteiger partial charge in [-0.2, -0.15) is 0 Å². The molecule has 0 aromatic carbocycles. The fourth-order valence-corrected chi connectivity index (χ4v) is 1.27. The second kappa shape index (κ2) is 4.62. The van der Waals surface area contributed by atoms with Crippen molar-refractivity contribution in [1.82, 2.24) is 9.88 Å². The highest BCUT2D eigenvalue weighted by Crippen LogP contribution is 2.11. The third kappa shape index (κ3) is 3.16. The zero-order valence-corrected chi connectivity index (χ0v) is 9.25. The van der Waals surface area contributed by atoms with Crippen molar-refractivity contribution >= 4 is 0 Å². The highest BCUT2D eigenvalue weighted by atomic mass is 16.3. The van der Waals surface area contributed by atoms with E-state index < -0.39 is 0 Å². The maximum Gasteiger partial charge on any atom is 0.0494 e. The monoisotopic (exact) mass is 196 g/mol. The molecule has 14 heavy (non-hydrogen) atoms. The van der Waals surface area contributed by atoms with Crippen molar-refractivity contribution in [2.45, 2.75) is 20.4 Å². The van der Waals surface area contributed by atoms with E-state index in [9.17, 15) is 0 Å². The molecule has 0 saturated heterocycles. The van der Waals surface area contributed by atoms with Crippen molar-refractivity contribution in [2.75, 3.05) is 13.2 Å². The molecule has 0 spiro atoms. The second-order valence-electron chi connectivity index (χ2n) is 4.54. The number of hydrogen-bond acceptors (Lipinski definition) is 2. The summed E-state index contributed by atoms with van der Waals surface area (Å²) in [4.78, 5) is 0. The van der Waals surface area contributed by atoms with Gasteiger partial charge in [0.15, 0.2) is 0 Å². The van der Waals surface area contributed by atoms with Gasteiger partial charge in [-0.1, -0.05) is 13.8 Å². The van der Waals surface area contributed by atoms with Gasteiger partial charge in [0.05, 0.1) is 0 Å². The summed E-state index contributed by atoms with van der Waals surface area (Å²) in [5, 5.41) is 12.4. The van der Waals surface area contributed by atoms with Crippen LogP contribution in [0.15, 0.2) is 18.3 Å². The molecule has 0 amide bonds. The van der Waals surface area contributed by atoms with Gasteiger partial charge < -0.3 is 15.0 Å². The lowest BCUT2D eigenvalue weighted by molar-refractivity contribution is 0.156. The molecule has 0 aliphatic rings. The Labute approximate surface area is 85.7 Å². The second-order valence-corrected chi connectivity index (χ2v) is 4.54. The van der Waals surface area contributed by atoms with E-state index in [0.717, 1.165) is 13.1 Å². The van der Waals surface area contributed by atoms with Crippen LogP contribution < -0.4 is 5.32 Å². The van der Waals surface area contributed by atoms with E-state index in [-0.39, 0.29) is 12.0 Å². The Morgan fingerprint density at radius 2 is 2.21 bits per heavy atom. The summed E-state index contributed by atoms with van der Waals surface area (Å²) in [6, 6.07) is 4.13. The quantitative estimate of drug-likeness (QED) is 0.741. The van der Waals surface area contributed by atoms with Crippen LogP contribution in [-0.4, -0.2) is 22.8 Å². The molecule has 1 aromatic rings. The molecule has 1 rings (SSSR count). The van der Waals surface area contributed by atoms with Gasteiger partial charge in [-0.15, -0.1) is 0 Å². The van der Waals surface area contributed by atoms with Crippen molar-refractivity contribution in [3.8, 4) is 0 Å². The molecule has 1 aromatic heterocycles. The highest BCUT2D eigenvalue weighted by molar-refractivity contribution is 5.05. The fraction of sp³-hybridized carbons (Fsp3) is 0.636. The third-order valence-corrected chi connectivity index (χ3v) is 2.39. The summed E-state index contributed by atoms with van der Waals surface area (Å²) in [7, 11) is 2.04. The smallest absolute Gasteiger partial charge is 0.0494 e. The minimum Gasteiger partial charge on any atom is -0.396 e. The van der Waals surface area contributed by atoms with Crippen molar-refractivity contribution in [2.24, 2.45) is 12.5 Å². The van der Waals surface area contributed by atoms with E-state index >= 15 is 0 Å². The summed E-state index contributed by atoms with van der Waals surface area (Å²) < 4.78 is 2.10. The Morgan fingerprint density at radius 3 is 2.71 bits per heavy atom. The lowest BCUT2D eigenvalue weighted by Crippen LogP contribution is -2.32. The minimum absolute atomic E-state index is 0.0365. The highest BCUT2D eigenvalue weighted by Gasteiger charge is 2.15. The Morgan fingerprint density at radius 1 is 1.50 bits per heavy atom. The normalized spacial score (nSPS) is 12.0. The van der Waals surface area contributed by atoms with Crippen LogP contribution >= 0.6 is 0 Å². The molecule has 0 radical (unpaired) electrons. The van der Waals surface area contributed by atoms with Gasteiger partial charge in [0.1, 0.15) is 0 Å². The van der Waals surface area contributed by atoms with Gasteiger partial charge in [-0.25, -0.2) is 0 Å². The van der Waals surface area contributed by atoms with Crippen LogP contribution in [0.3, 0.4) is 0 Å². The summed E-state index contributed by atoms with van der Waals surface area (Å²) in [6.45, 7) is 5.99. The van der Waals surface area contributed by atoms with Crippen LogP contribution in [0.25, 0.3) is 0 Å². The molecule has 0 saturated carbocycles. The number of aromatic nitrogens is 1. The van der Waals surface area contributed by atoms with Crippen LogP contribution in [0.5, 0.6) is 0 Å². The number of aliphatic hydroxyl groups is 1. The topological polar surface area (TPSA) is 37.2 Å². The lowest BCUT2D eigenvalue weighted by Gasteiger charge is -2.21. The fourth-order valence-electron chi connectivity index (χ4n) is 1.27. The molecule has 3 nitrogen and oxygen atoms in total. The molecule has 0 bridgehead atoms. The van der Waals surface area contributed by atoms with Gasteiger partial charge in [-0.3, -0.25) is 0 Å². The van der Waals surface area contributed by atoms with Crippen LogP contribution in [0.2, 0.25) is 0 Å². The van der Waals surface area contributed by atoms with Crippen molar-refractivity contribution in [3.05, 3.63) is 24.0 Å². The maximum atomic E-state index is 9.06. The number of aryl methyl sites for hydroxylation is 1. The Balaban J connectivity index is 2.32. The van der Waals surface area contributed by atoms with E-state index in [1.165, 1.54) is 5.69 Å². The molecule has 0 unspecified atom stereocenters. The van der Waals surface area contributed by atoms with E-state index in [4.69, 9.17) is 5.11 Å². The first-order chi connectivity index (χ1) is 6.55. The van der Waals surface area contributed by atoms with Crippen molar-refractivity contribution < 1.29 is 5.11 Å². The van der Waals surface area contributed by atoms with Gasteiger partial charge in [0.2, 0.25) is 0 Å². The molecule has 80 valence electrons. The van der Waals surface area contributed by atoms with E-state index in [2.05, 4.69) is 16.0 Å². The van der Waals surface area contributed by atoms with E-state index in [0.29, 0.717) is 0 Å².